The number of carbonyl (C=O) groups excluding carboxylic acids is 2. The van der Waals surface area contributed by atoms with Gasteiger partial charge in [-0.3, -0.25) is 4.79 Å². The number of amides is 1. The molecule has 1 fully saturated rings. The molecule has 1 aliphatic heterocycles. The number of halogens is 3. The molecule has 5 rings (SSSR count). The lowest BCUT2D eigenvalue weighted by molar-refractivity contribution is -0.120. The van der Waals surface area contributed by atoms with E-state index in [1.165, 1.54) is 41.7 Å². The van der Waals surface area contributed by atoms with E-state index in [0.717, 1.165) is 0 Å². The highest BCUT2D eigenvalue weighted by atomic mass is 35.5. The van der Waals surface area contributed by atoms with E-state index in [9.17, 15) is 22.4 Å². The molecule has 12 heteroatoms. The number of carbonyl (C=O) groups is 2. The first-order valence-corrected chi connectivity index (χ1v) is 17.7. The highest BCUT2D eigenvalue weighted by Gasteiger charge is 2.38. The zero-order valence-corrected chi connectivity index (χ0v) is 28.7. The van der Waals surface area contributed by atoms with Crippen molar-refractivity contribution in [1.82, 2.24) is 14.9 Å². The lowest BCUT2D eigenvalue weighted by atomic mass is 9.81. The zero-order valence-electron chi connectivity index (χ0n) is 27.1. The molecule has 1 aliphatic rings. The van der Waals surface area contributed by atoms with Crippen LogP contribution in [0.2, 0.25) is 5.02 Å². The van der Waals surface area contributed by atoms with Crippen molar-refractivity contribution in [3.63, 3.8) is 0 Å². The Bertz CT molecular complexity index is 1850. The van der Waals surface area contributed by atoms with Gasteiger partial charge in [0.05, 0.1) is 12.0 Å². The van der Waals surface area contributed by atoms with E-state index in [2.05, 4.69) is 10.6 Å². The molecule has 0 saturated carbocycles. The monoisotopic (exact) mass is 709 g/mol. The highest BCUT2D eigenvalue weighted by Crippen LogP contribution is 2.32. The van der Waals surface area contributed by atoms with Gasteiger partial charge < -0.3 is 15.4 Å². The van der Waals surface area contributed by atoms with Crippen LogP contribution in [0.4, 0.5) is 13.6 Å². The maximum absolute atomic E-state index is 15.6. The van der Waals surface area contributed by atoms with Crippen molar-refractivity contribution in [2.75, 3.05) is 20.2 Å². The normalized spacial score (nSPS) is 18.0. The molecule has 0 spiro atoms. The first-order valence-electron chi connectivity index (χ1n) is 15.9. The van der Waals surface area contributed by atoms with E-state index < -0.39 is 51.5 Å². The standard InChI is InChI=1S/C37H38ClF2N3O5S/c1-24-22-41-23-30(43(24)49(46,47)31-14-4-3-5-15-31)17-18-32-25(9-8-16-33(32)40)21-34(44)36(42-37(45)48-2)35(26-10-6-12-28(38)19-26)27-11-7-13-29(39)20-27/h3-16,19-20,24,30,35-36,41H,17-18,21-23H2,1-2H3,(H,42,45)/t24-,30-,35-,36+/m0/s1. The molecule has 4 aromatic carbocycles. The molecule has 0 aromatic heterocycles. The molecule has 1 saturated heterocycles. The predicted molar refractivity (Wildman–Crippen MR) is 184 cm³/mol. The van der Waals surface area contributed by atoms with Gasteiger partial charge in [-0.15, -0.1) is 0 Å². The molecule has 0 bridgehead atoms. The number of nitrogens with one attached hydrogen (secondary N) is 2. The Hall–Kier alpha value is -4.16. The second-order valence-electron chi connectivity index (χ2n) is 12.1. The summed E-state index contributed by atoms with van der Waals surface area (Å²) >= 11 is 6.32. The number of sulfonamides is 1. The smallest absolute Gasteiger partial charge is 0.407 e. The Morgan fingerprint density at radius 1 is 0.959 bits per heavy atom. The first kappa shape index (κ1) is 36.1. The van der Waals surface area contributed by atoms with Gasteiger partial charge in [0.15, 0.2) is 5.78 Å². The second-order valence-corrected chi connectivity index (χ2v) is 14.3. The minimum Gasteiger partial charge on any atom is -0.453 e. The summed E-state index contributed by atoms with van der Waals surface area (Å²) in [6.45, 7) is 2.67. The van der Waals surface area contributed by atoms with Crippen LogP contribution in [0.5, 0.6) is 0 Å². The summed E-state index contributed by atoms with van der Waals surface area (Å²) in [5, 5.41) is 6.30. The van der Waals surface area contributed by atoms with Crippen LogP contribution in [0.3, 0.4) is 0 Å². The molecule has 1 amide bonds. The number of nitrogens with zero attached hydrogens (tertiary/aromatic N) is 1. The molecule has 1 heterocycles. The van der Waals surface area contributed by atoms with Crippen LogP contribution in [0.1, 0.15) is 41.5 Å². The summed E-state index contributed by atoms with van der Waals surface area (Å²) in [7, 11) is -2.67. The van der Waals surface area contributed by atoms with E-state index in [-0.39, 0.29) is 35.8 Å². The van der Waals surface area contributed by atoms with E-state index in [1.54, 1.807) is 66.7 Å². The van der Waals surface area contributed by atoms with Crippen molar-refractivity contribution in [3.8, 4) is 0 Å². The average Bonchev–Trinajstić information content (AvgIpc) is 3.08. The Balaban J connectivity index is 1.46. The topological polar surface area (TPSA) is 105 Å². The maximum Gasteiger partial charge on any atom is 0.407 e. The Morgan fingerprint density at radius 2 is 1.65 bits per heavy atom. The lowest BCUT2D eigenvalue weighted by Gasteiger charge is -2.40. The van der Waals surface area contributed by atoms with Crippen LogP contribution in [0, 0.1) is 11.6 Å². The SMILES string of the molecule is COC(=O)N[C@H](C(=O)Cc1cccc(F)c1CC[C@H]1CNC[C@H](C)N1S(=O)(=O)c1ccccc1)[C@H](c1cccc(F)c1)c1cccc(Cl)c1. The van der Waals surface area contributed by atoms with Gasteiger partial charge in [-0.05, 0) is 84.5 Å². The average molecular weight is 710 g/mol. The van der Waals surface area contributed by atoms with Crippen molar-refractivity contribution in [2.45, 2.75) is 55.1 Å². The van der Waals surface area contributed by atoms with Gasteiger partial charge >= 0.3 is 6.09 Å². The van der Waals surface area contributed by atoms with E-state index in [0.29, 0.717) is 34.8 Å². The number of Topliss-reactive ketones (excluding diaryl/α,β-unsaturated/α-hetero) is 1. The minimum absolute atomic E-state index is 0.145. The summed E-state index contributed by atoms with van der Waals surface area (Å²) < 4.78 is 63.9. The predicted octanol–water partition coefficient (Wildman–Crippen LogP) is 6.27. The Morgan fingerprint density at radius 3 is 2.35 bits per heavy atom. The van der Waals surface area contributed by atoms with Crippen LogP contribution in [0.15, 0.2) is 102 Å². The molecule has 8 nitrogen and oxygen atoms in total. The number of hydrogen-bond acceptors (Lipinski definition) is 6. The summed E-state index contributed by atoms with van der Waals surface area (Å²) in [5.41, 5.74) is 1.62. The summed E-state index contributed by atoms with van der Waals surface area (Å²) in [6, 6.07) is 23.0. The number of ketones is 1. The fraction of sp³-hybridized carbons (Fsp3) is 0.297. The van der Waals surface area contributed by atoms with Gasteiger partial charge in [0.2, 0.25) is 10.0 Å². The first-order chi connectivity index (χ1) is 23.5. The van der Waals surface area contributed by atoms with Gasteiger partial charge in [0.25, 0.3) is 0 Å². The van der Waals surface area contributed by atoms with Gasteiger partial charge in [-0.25, -0.2) is 22.0 Å². The molecule has 0 unspecified atom stereocenters. The van der Waals surface area contributed by atoms with E-state index in [1.807, 2.05) is 6.92 Å². The highest BCUT2D eigenvalue weighted by molar-refractivity contribution is 7.89. The van der Waals surface area contributed by atoms with Crippen molar-refractivity contribution in [1.29, 1.82) is 0 Å². The van der Waals surface area contributed by atoms with Crippen molar-refractivity contribution < 1.29 is 31.5 Å². The molecule has 4 aromatic rings. The fourth-order valence-electron chi connectivity index (χ4n) is 6.55. The van der Waals surface area contributed by atoms with Gasteiger partial charge in [0, 0.05) is 42.5 Å². The van der Waals surface area contributed by atoms with Crippen LogP contribution in [-0.4, -0.2) is 62.9 Å². The molecular formula is C37H38ClF2N3O5S. The minimum atomic E-state index is -3.84. The van der Waals surface area contributed by atoms with Crippen molar-refractivity contribution >= 4 is 33.5 Å². The van der Waals surface area contributed by atoms with Gasteiger partial charge in [-0.1, -0.05) is 66.2 Å². The molecule has 4 atom stereocenters. The number of hydrogen-bond donors (Lipinski definition) is 2. The summed E-state index contributed by atoms with van der Waals surface area (Å²) in [5.74, 6) is -2.41. The number of benzene rings is 4. The lowest BCUT2D eigenvalue weighted by Crippen LogP contribution is -2.58. The fourth-order valence-corrected chi connectivity index (χ4v) is 8.61. The van der Waals surface area contributed by atoms with E-state index in [4.69, 9.17) is 16.3 Å². The third-order valence-electron chi connectivity index (χ3n) is 8.80. The Kier molecular flexibility index (Phi) is 11.8. The maximum atomic E-state index is 15.6. The second kappa shape index (κ2) is 16.0. The quantitative estimate of drug-likeness (QED) is 0.180. The van der Waals surface area contributed by atoms with Crippen LogP contribution in [-0.2, 0) is 32.4 Å². The molecule has 0 radical (unpaired) electrons. The number of rotatable bonds is 12. The summed E-state index contributed by atoms with van der Waals surface area (Å²) in [6.07, 6.45) is -0.727. The number of ether oxygens (including phenoxy) is 1. The van der Waals surface area contributed by atoms with Crippen LogP contribution >= 0.6 is 11.6 Å². The molecule has 0 aliphatic carbocycles. The van der Waals surface area contributed by atoms with Crippen molar-refractivity contribution in [3.05, 3.63) is 136 Å². The van der Waals surface area contributed by atoms with Crippen LogP contribution in [0.25, 0.3) is 0 Å². The Labute approximate surface area is 290 Å². The van der Waals surface area contributed by atoms with Crippen LogP contribution < -0.4 is 10.6 Å². The van der Waals surface area contributed by atoms with Crippen molar-refractivity contribution in [2.24, 2.45) is 0 Å². The molecule has 2 N–H and O–H groups in total. The summed E-state index contributed by atoms with van der Waals surface area (Å²) in [4.78, 5) is 27.1. The molecular weight excluding hydrogens is 672 g/mol. The number of piperazine rings is 1. The largest absolute Gasteiger partial charge is 0.453 e. The number of alkyl carbamates (subject to hydrolysis) is 1. The molecule has 49 heavy (non-hydrogen) atoms. The number of methoxy groups -OCH3 is 1. The molecule has 258 valence electrons. The van der Waals surface area contributed by atoms with E-state index >= 15 is 4.39 Å². The third-order valence-corrected chi connectivity index (χ3v) is 11.1. The van der Waals surface area contributed by atoms with Gasteiger partial charge in [0.1, 0.15) is 17.7 Å². The third kappa shape index (κ3) is 8.53. The zero-order chi connectivity index (χ0) is 35.1. The van der Waals surface area contributed by atoms with Gasteiger partial charge in [-0.2, -0.15) is 4.31 Å².